The molecule has 0 saturated heterocycles. The highest BCUT2D eigenvalue weighted by atomic mass is 16.1. The predicted octanol–water partition coefficient (Wildman–Crippen LogP) is 5.15. The molecule has 0 radical (unpaired) electrons. The van der Waals surface area contributed by atoms with Crippen molar-refractivity contribution in [2.75, 3.05) is 0 Å². The van der Waals surface area contributed by atoms with Gasteiger partial charge in [-0.25, -0.2) is 0 Å². The normalized spacial score (nSPS) is 55.7. The summed E-state index contributed by atoms with van der Waals surface area (Å²) in [5.74, 6) is 2.29. The molecule has 21 heavy (non-hydrogen) atoms. The van der Waals surface area contributed by atoms with Crippen LogP contribution in [0.2, 0.25) is 0 Å². The second-order valence-electron chi connectivity index (χ2n) is 9.30. The van der Waals surface area contributed by atoms with E-state index < -0.39 is 0 Å². The molecular weight excluding hydrogens is 256 g/mol. The highest BCUT2D eigenvalue weighted by Crippen LogP contribution is 2.71. The zero-order valence-corrected chi connectivity index (χ0v) is 13.8. The van der Waals surface area contributed by atoms with Crippen molar-refractivity contribution < 1.29 is 4.79 Å². The molecule has 4 saturated carbocycles. The molecule has 1 heteroatoms. The Balaban J connectivity index is 1.75. The first-order valence-electron chi connectivity index (χ1n) is 9.08. The zero-order chi connectivity index (χ0) is 14.9. The molecule has 0 heterocycles. The maximum atomic E-state index is 11.8. The Morgan fingerprint density at radius 1 is 1.10 bits per heavy atom. The molecule has 4 rings (SSSR count). The summed E-state index contributed by atoms with van der Waals surface area (Å²) >= 11 is 0. The fourth-order valence-corrected chi connectivity index (χ4v) is 7.54. The molecule has 0 N–H and O–H groups in total. The van der Waals surface area contributed by atoms with E-state index in [2.05, 4.69) is 20.4 Å². The molecule has 6 atom stereocenters. The summed E-state index contributed by atoms with van der Waals surface area (Å²) in [6.07, 6.45) is 13.1. The average Bonchev–Trinajstić information content (AvgIpc) is 2.68. The Labute approximate surface area is 129 Å². The minimum atomic E-state index is -0.0545. The topological polar surface area (TPSA) is 17.1 Å². The molecule has 1 nitrogen and oxygen atoms in total. The molecule has 4 aliphatic rings. The number of aldehydes is 1. The van der Waals surface area contributed by atoms with E-state index in [-0.39, 0.29) is 5.41 Å². The van der Waals surface area contributed by atoms with E-state index in [0.29, 0.717) is 16.7 Å². The average molecular weight is 286 g/mol. The van der Waals surface area contributed by atoms with Gasteiger partial charge in [0.05, 0.1) is 0 Å². The van der Waals surface area contributed by atoms with Gasteiger partial charge in [-0.2, -0.15) is 0 Å². The third-order valence-electron chi connectivity index (χ3n) is 8.37. The summed E-state index contributed by atoms with van der Waals surface area (Å²) in [6, 6.07) is 0. The van der Waals surface area contributed by atoms with Crippen molar-refractivity contribution in [1.29, 1.82) is 0 Å². The summed E-state index contributed by atoms with van der Waals surface area (Å²) in [7, 11) is 0. The molecule has 0 aromatic heterocycles. The standard InChI is InChI=1S/C20H30O/c1-14-11-20-10-7-16-18(2,13-21)8-4-9-19(16,3)17(20)6-5-15(14)12-20/h13,15-17H,1,4-12H2,2-3H3/t15-,16?,17?,18+,19-,20-/m1/s1. The third-order valence-corrected chi connectivity index (χ3v) is 8.37. The van der Waals surface area contributed by atoms with E-state index in [4.69, 9.17) is 0 Å². The first kappa shape index (κ1) is 14.0. The van der Waals surface area contributed by atoms with Crippen LogP contribution in [0.15, 0.2) is 12.2 Å². The van der Waals surface area contributed by atoms with Crippen LogP contribution in [-0.4, -0.2) is 6.29 Å². The van der Waals surface area contributed by atoms with Gasteiger partial charge in [0.1, 0.15) is 6.29 Å². The first-order valence-corrected chi connectivity index (χ1v) is 9.08. The van der Waals surface area contributed by atoms with Crippen molar-refractivity contribution in [2.24, 2.45) is 34.0 Å². The van der Waals surface area contributed by atoms with E-state index >= 15 is 0 Å². The van der Waals surface area contributed by atoms with E-state index in [9.17, 15) is 4.79 Å². The van der Waals surface area contributed by atoms with Crippen LogP contribution in [0.3, 0.4) is 0 Å². The lowest BCUT2D eigenvalue weighted by Gasteiger charge is -2.63. The van der Waals surface area contributed by atoms with Crippen molar-refractivity contribution in [3.63, 3.8) is 0 Å². The van der Waals surface area contributed by atoms with Gasteiger partial charge in [0.15, 0.2) is 0 Å². The van der Waals surface area contributed by atoms with Crippen LogP contribution in [0, 0.1) is 34.0 Å². The van der Waals surface area contributed by atoms with Crippen LogP contribution in [-0.2, 0) is 4.79 Å². The molecular formula is C20H30O. The van der Waals surface area contributed by atoms with Gasteiger partial charge < -0.3 is 4.79 Å². The highest BCUT2D eigenvalue weighted by Gasteiger charge is 2.63. The summed E-state index contributed by atoms with van der Waals surface area (Å²) < 4.78 is 0. The summed E-state index contributed by atoms with van der Waals surface area (Å²) in [5.41, 5.74) is 2.46. The van der Waals surface area contributed by atoms with E-state index in [0.717, 1.165) is 18.3 Å². The van der Waals surface area contributed by atoms with Crippen LogP contribution in [0.25, 0.3) is 0 Å². The number of carbonyl (C=O) groups excluding carboxylic acids is 1. The highest BCUT2D eigenvalue weighted by molar-refractivity contribution is 5.60. The molecule has 0 aliphatic heterocycles. The maximum absolute atomic E-state index is 11.8. The van der Waals surface area contributed by atoms with Gasteiger partial charge in [0.25, 0.3) is 0 Å². The second kappa shape index (κ2) is 4.24. The minimum Gasteiger partial charge on any atom is -0.303 e. The molecule has 116 valence electrons. The Kier molecular flexibility index (Phi) is 2.83. The van der Waals surface area contributed by atoms with Gasteiger partial charge in [-0.3, -0.25) is 0 Å². The Bertz CT molecular complexity index is 494. The van der Waals surface area contributed by atoms with Crippen molar-refractivity contribution in [3.05, 3.63) is 12.2 Å². The lowest BCUT2D eigenvalue weighted by molar-refractivity contribution is -0.157. The van der Waals surface area contributed by atoms with Crippen LogP contribution in [0.1, 0.15) is 71.6 Å². The lowest BCUT2D eigenvalue weighted by Crippen LogP contribution is -2.56. The number of allylic oxidation sites excluding steroid dienone is 1. The largest absolute Gasteiger partial charge is 0.303 e. The second-order valence-corrected chi connectivity index (χ2v) is 9.30. The van der Waals surface area contributed by atoms with E-state index in [1.54, 1.807) is 5.57 Å². The summed E-state index contributed by atoms with van der Waals surface area (Å²) in [4.78, 5) is 11.8. The predicted molar refractivity (Wildman–Crippen MR) is 85.9 cm³/mol. The van der Waals surface area contributed by atoms with E-state index in [1.807, 2.05) is 0 Å². The van der Waals surface area contributed by atoms with Crippen molar-refractivity contribution >= 4 is 6.29 Å². The summed E-state index contributed by atoms with van der Waals surface area (Å²) in [5, 5.41) is 0. The van der Waals surface area contributed by atoms with Gasteiger partial charge in [-0.15, -0.1) is 0 Å². The Morgan fingerprint density at radius 3 is 2.67 bits per heavy atom. The van der Waals surface area contributed by atoms with Gasteiger partial charge in [-0.1, -0.05) is 32.4 Å². The molecule has 2 bridgehead atoms. The molecule has 0 aromatic carbocycles. The van der Waals surface area contributed by atoms with E-state index in [1.165, 1.54) is 57.7 Å². The van der Waals surface area contributed by atoms with Gasteiger partial charge in [-0.05, 0) is 80.0 Å². The quantitative estimate of drug-likeness (QED) is 0.481. The molecule has 4 aliphatic carbocycles. The van der Waals surface area contributed by atoms with Crippen molar-refractivity contribution in [2.45, 2.75) is 71.6 Å². The minimum absolute atomic E-state index is 0.0545. The first-order chi connectivity index (χ1) is 9.94. The SMILES string of the molecule is C=C1C[C@@]23CCC4[C@@](C)(CCC[C@@]4(C)C=O)C2CC[C@@H]1C3. The molecule has 0 aromatic rings. The van der Waals surface area contributed by atoms with Crippen molar-refractivity contribution in [3.8, 4) is 0 Å². The van der Waals surface area contributed by atoms with Crippen molar-refractivity contribution in [1.82, 2.24) is 0 Å². The lowest BCUT2D eigenvalue weighted by atomic mass is 9.41. The number of hydrogen-bond donors (Lipinski definition) is 0. The Morgan fingerprint density at radius 2 is 1.90 bits per heavy atom. The smallest absolute Gasteiger partial charge is 0.126 e. The fourth-order valence-electron chi connectivity index (χ4n) is 7.54. The molecule has 4 fully saturated rings. The number of fused-ring (bicyclic) bond motifs is 3. The van der Waals surface area contributed by atoms with Gasteiger partial charge >= 0.3 is 0 Å². The molecule has 2 unspecified atom stereocenters. The number of carbonyl (C=O) groups is 1. The number of hydrogen-bond acceptors (Lipinski definition) is 1. The molecule has 0 amide bonds. The van der Waals surface area contributed by atoms with Crippen LogP contribution < -0.4 is 0 Å². The zero-order valence-electron chi connectivity index (χ0n) is 13.8. The maximum Gasteiger partial charge on any atom is 0.126 e. The van der Waals surface area contributed by atoms with Crippen LogP contribution in [0.5, 0.6) is 0 Å². The fraction of sp³-hybridized carbons (Fsp3) is 0.850. The number of rotatable bonds is 1. The van der Waals surface area contributed by atoms with Crippen LogP contribution >= 0.6 is 0 Å². The monoisotopic (exact) mass is 286 g/mol. The summed E-state index contributed by atoms with van der Waals surface area (Å²) in [6.45, 7) is 9.19. The van der Waals surface area contributed by atoms with Gasteiger partial charge in [0.2, 0.25) is 0 Å². The van der Waals surface area contributed by atoms with Crippen LogP contribution in [0.4, 0.5) is 0 Å². The molecule has 1 spiro atoms. The van der Waals surface area contributed by atoms with Gasteiger partial charge in [0, 0.05) is 5.41 Å². The Hall–Kier alpha value is -0.590. The third kappa shape index (κ3) is 1.67.